The van der Waals surface area contributed by atoms with Crippen LogP contribution in [0.15, 0.2) is 30.5 Å². The molecule has 5 nitrogen and oxygen atoms in total. The minimum atomic E-state index is -0.650. The predicted octanol–water partition coefficient (Wildman–Crippen LogP) is 3.11. The van der Waals surface area contributed by atoms with Gasteiger partial charge in [0, 0.05) is 31.1 Å². The van der Waals surface area contributed by atoms with Crippen LogP contribution in [0.2, 0.25) is 0 Å². The molecular weight excluding hydrogens is 300 g/mol. The number of rotatable bonds is 4. The third-order valence-corrected chi connectivity index (χ3v) is 3.55. The van der Waals surface area contributed by atoms with Gasteiger partial charge in [0.25, 0.3) is 0 Å². The molecule has 2 aromatic heterocycles. The minimum Gasteiger partial charge on any atom is -0.361 e. The summed E-state index contributed by atoms with van der Waals surface area (Å²) in [6.45, 7) is 4.25. The van der Waals surface area contributed by atoms with Crippen LogP contribution in [-0.2, 0) is 13.6 Å². The smallest absolute Gasteiger partial charge is 0.151 e. The summed E-state index contributed by atoms with van der Waals surface area (Å²) in [6, 6.07) is 5.23. The van der Waals surface area contributed by atoms with E-state index in [1.807, 2.05) is 31.7 Å². The fourth-order valence-electron chi connectivity index (χ4n) is 2.46. The normalized spacial score (nSPS) is 11.0. The van der Waals surface area contributed by atoms with Gasteiger partial charge in [-0.05, 0) is 26.0 Å². The van der Waals surface area contributed by atoms with Gasteiger partial charge in [-0.25, -0.2) is 18.4 Å². The summed E-state index contributed by atoms with van der Waals surface area (Å²) < 4.78 is 30.3. The van der Waals surface area contributed by atoms with Crippen LogP contribution in [0.4, 0.5) is 14.6 Å². The fourth-order valence-corrected chi connectivity index (χ4v) is 2.46. The van der Waals surface area contributed by atoms with E-state index in [-0.39, 0.29) is 5.69 Å². The number of anilines is 1. The number of nitrogens with zero attached hydrogens (tertiary/aromatic N) is 4. The Kier molecular flexibility index (Phi) is 3.85. The first kappa shape index (κ1) is 15.2. The second-order valence-corrected chi connectivity index (χ2v) is 5.44. The van der Waals surface area contributed by atoms with E-state index in [1.165, 1.54) is 16.8 Å². The maximum absolute atomic E-state index is 13.9. The Bertz CT molecular complexity index is 850. The molecule has 0 bridgehead atoms. The van der Waals surface area contributed by atoms with E-state index in [1.54, 1.807) is 6.07 Å². The highest BCUT2D eigenvalue weighted by Gasteiger charge is 2.12. The van der Waals surface area contributed by atoms with Crippen molar-refractivity contribution in [2.45, 2.75) is 20.4 Å². The van der Waals surface area contributed by atoms with Gasteiger partial charge in [0.15, 0.2) is 5.82 Å². The second kappa shape index (κ2) is 5.83. The molecular formula is C16H17F2N5. The first-order chi connectivity index (χ1) is 10.9. The molecule has 3 rings (SSSR count). The standard InChI is InChI=1S/C16H17F2N5/c1-10-9-22(3)16(20-10)8-19-15-6-11(2)23(21-15)14-5-4-12(17)7-13(14)18/h4-7,9H,8H2,1-3H3,(H,19,21). The summed E-state index contributed by atoms with van der Waals surface area (Å²) >= 11 is 0. The van der Waals surface area contributed by atoms with Gasteiger partial charge >= 0.3 is 0 Å². The minimum absolute atomic E-state index is 0.213. The van der Waals surface area contributed by atoms with Crippen molar-refractivity contribution in [3.63, 3.8) is 0 Å². The van der Waals surface area contributed by atoms with Gasteiger partial charge in [-0.2, -0.15) is 5.10 Å². The van der Waals surface area contributed by atoms with Gasteiger partial charge in [0.2, 0.25) is 0 Å². The Morgan fingerprint density at radius 2 is 1.96 bits per heavy atom. The molecule has 2 heterocycles. The Morgan fingerprint density at radius 3 is 2.61 bits per heavy atom. The van der Waals surface area contributed by atoms with Crippen molar-refractivity contribution < 1.29 is 8.78 Å². The summed E-state index contributed by atoms with van der Waals surface area (Å²) in [6.07, 6.45) is 1.94. The monoisotopic (exact) mass is 317 g/mol. The molecule has 120 valence electrons. The molecule has 1 aromatic carbocycles. The maximum atomic E-state index is 13.9. The first-order valence-corrected chi connectivity index (χ1v) is 7.19. The Labute approximate surface area is 132 Å². The number of nitrogens with one attached hydrogen (secondary N) is 1. The SMILES string of the molecule is Cc1cn(C)c(CNc2cc(C)n(-c3ccc(F)cc3F)n2)n1. The molecule has 0 saturated carbocycles. The molecule has 0 aliphatic heterocycles. The molecule has 0 aliphatic rings. The van der Waals surface area contributed by atoms with Crippen molar-refractivity contribution in [3.05, 3.63) is 59.3 Å². The van der Waals surface area contributed by atoms with Crippen LogP contribution in [0.3, 0.4) is 0 Å². The number of hydrogen-bond donors (Lipinski definition) is 1. The first-order valence-electron chi connectivity index (χ1n) is 7.19. The van der Waals surface area contributed by atoms with E-state index in [9.17, 15) is 8.78 Å². The molecule has 0 fully saturated rings. The van der Waals surface area contributed by atoms with E-state index >= 15 is 0 Å². The second-order valence-electron chi connectivity index (χ2n) is 5.44. The molecule has 23 heavy (non-hydrogen) atoms. The van der Waals surface area contributed by atoms with Gasteiger partial charge < -0.3 is 9.88 Å². The van der Waals surface area contributed by atoms with E-state index in [0.29, 0.717) is 12.4 Å². The zero-order valence-corrected chi connectivity index (χ0v) is 13.1. The topological polar surface area (TPSA) is 47.7 Å². The van der Waals surface area contributed by atoms with Crippen LogP contribution in [0, 0.1) is 25.5 Å². The van der Waals surface area contributed by atoms with Crippen molar-refractivity contribution in [1.29, 1.82) is 0 Å². The summed E-state index contributed by atoms with van der Waals surface area (Å²) in [5, 5.41) is 7.49. The van der Waals surface area contributed by atoms with Crippen LogP contribution in [0.1, 0.15) is 17.2 Å². The number of aromatic nitrogens is 4. The lowest BCUT2D eigenvalue weighted by molar-refractivity contribution is 0.572. The van der Waals surface area contributed by atoms with E-state index in [2.05, 4.69) is 15.4 Å². The Morgan fingerprint density at radius 1 is 1.17 bits per heavy atom. The molecule has 1 N–H and O–H groups in total. The highest BCUT2D eigenvalue weighted by molar-refractivity contribution is 5.42. The number of halogens is 2. The maximum Gasteiger partial charge on any atom is 0.151 e. The van der Waals surface area contributed by atoms with Gasteiger partial charge in [0.1, 0.15) is 23.1 Å². The highest BCUT2D eigenvalue weighted by atomic mass is 19.1. The quantitative estimate of drug-likeness (QED) is 0.804. The zero-order valence-electron chi connectivity index (χ0n) is 13.1. The van der Waals surface area contributed by atoms with Crippen molar-refractivity contribution in [3.8, 4) is 5.69 Å². The number of benzene rings is 1. The van der Waals surface area contributed by atoms with Crippen molar-refractivity contribution >= 4 is 5.82 Å². The number of aryl methyl sites for hydroxylation is 3. The zero-order chi connectivity index (χ0) is 16.6. The molecule has 0 spiro atoms. The summed E-state index contributed by atoms with van der Waals surface area (Å²) in [5.41, 5.74) is 1.90. The summed E-state index contributed by atoms with van der Waals surface area (Å²) in [7, 11) is 1.93. The van der Waals surface area contributed by atoms with Crippen LogP contribution in [0.5, 0.6) is 0 Å². The third-order valence-electron chi connectivity index (χ3n) is 3.55. The van der Waals surface area contributed by atoms with Crippen LogP contribution in [0.25, 0.3) is 5.69 Å². The van der Waals surface area contributed by atoms with Gasteiger partial charge in [-0.1, -0.05) is 0 Å². The van der Waals surface area contributed by atoms with E-state index in [0.717, 1.165) is 23.3 Å². The molecule has 0 saturated heterocycles. The summed E-state index contributed by atoms with van der Waals surface area (Å²) in [4.78, 5) is 4.40. The molecule has 0 unspecified atom stereocenters. The largest absolute Gasteiger partial charge is 0.361 e. The average Bonchev–Trinajstić information content (AvgIpc) is 2.99. The van der Waals surface area contributed by atoms with E-state index < -0.39 is 11.6 Å². The molecule has 3 aromatic rings. The van der Waals surface area contributed by atoms with Gasteiger partial charge in [-0.15, -0.1) is 0 Å². The average molecular weight is 317 g/mol. The molecule has 0 amide bonds. The van der Waals surface area contributed by atoms with Gasteiger partial charge in [-0.3, -0.25) is 0 Å². The molecule has 0 radical (unpaired) electrons. The van der Waals surface area contributed by atoms with Crippen LogP contribution >= 0.6 is 0 Å². The Hall–Kier alpha value is -2.70. The number of hydrogen-bond acceptors (Lipinski definition) is 3. The third kappa shape index (κ3) is 3.08. The highest BCUT2D eigenvalue weighted by Crippen LogP contribution is 2.19. The lowest BCUT2D eigenvalue weighted by Gasteiger charge is -2.06. The molecule has 7 heteroatoms. The molecule has 0 atom stereocenters. The lowest BCUT2D eigenvalue weighted by atomic mass is 10.3. The summed E-state index contributed by atoms with van der Waals surface area (Å²) in [5.74, 6) is 0.219. The lowest BCUT2D eigenvalue weighted by Crippen LogP contribution is -2.07. The Balaban J connectivity index is 1.82. The predicted molar refractivity (Wildman–Crippen MR) is 83.5 cm³/mol. The fraction of sp³-hybridized carbons (Fsp3) is 0.250. The van der Waals surface area contributed by atoms with E-state index in [4.69, 9.17) is 0 Å². The van der Waals surface area contributed by atoms with Crippen molar-refractivity contribution in [1.82, 2.24) is 19.3 Å². The van der Waals surface area contributed by atoms with Crippen LogP contribution in [-0.4, -0.2) is 19.3 Å². The van der Waals surface area contributed by atoms with Crippen molar-refractivity contribution in [2.24, 2.45) is 7.05 Å². The number of imidazole rings is 1. The molecule has 0 aliphatic carbocycles. The van der Waals surface area contributed by atoms with Gasteiger partial charge in [0.05, 0.1) is 12.2 Å². The van der Waals surface area contributed by atoms with Crippen molar-refractivity contribution in [2.75, 3.05) is 5.32 Å². The van der Waals surface area contributed by atoms with Crippen LogP contribution < -0.4 is 5.32 Å².